The summed E-state index contributed by atoms with van der Waals surface area (Å²) in [6.45, 7) is 8.14. The van der Waals surface area contributed by atoms with Gasteiger partial charge in [0, 0.05) is 11.7 Å². The topological polar surface area (TPSA) is 61.4 Å². The Morgan fingerprint density at radius 3 is 2.38 bits per heavy atom. The molecule has 2 N–H and O–H groups in total. The Bertz CT molecular complexity index is 512. The first kappa shape index (κ1) is 17.2. The SMILES string of the molecule is Cc1ccc(C)c(NC(=O)CN(C)CC(=O)NC(C)C)c1. The maximum absolute atomic E-state index is 12.0. The van der Waals surface area contributed by atoms with Crippen LogP contribution in [0.5, 0.6) is 0 Å². The fraction of sp³-hybridized carbons (Fsp3) is 0.500. The number of likely N-dealkylation sites (N-methyl/N-ethyl adjacent to an activating group) is 1. The van der Waals surface area contributed by atoms with E-state index in [2.05, 4.69) is 10.6 Å². The molecule has 0 atom stereocenters. The summed E-state index contributed by atoms with van der Waals surface area (Å²) in [6.07, 6.45) is 0. The Hall–Kier alpha value is -1.88. The normalized spacial score (nSPS) is 10.8. The van der Waals surface area contributed by atoms with E-state index >= 15 is 0 Å². The zero-order chi connectivity index (χ0) is 16.0. The van der Waals surface area contributed by atoms with Gasteiger partial charge in [-0.1, -0.05) is 12.1 Å². The summed E-state index contributed by atoms with van der Waals surface area (Å²) in [4.78, 5) is 25.3. The summed E-state index contributed by atoms with van der Waals surface area (Å²) >= 11 is 0. The highest BCUT2D eigenvalue weighted by Gasteiger charge is 2.12. The van der Waals surface area contributed by atoms with Crippen LogP contribution < -0.4 is 10.6 Å². The molecule has 116 valence electrons. The molecule has 0 aliphatic rings. The third kappa shape index (κ3) is 6.40. The minimum Gasteiger partial charge on any atom is -0.353 e. The molecule has 0 aromatic heterocycles. The number of nitrogens with zero attached hydrogens (tertiary/aromatic N) is 1. The van der Waals surface area contributed by atoms with Crippen molar-refractivity contribution in [2.45, 2.75) is 33.7 Å². The van der Waals surface area contributed by atoms with Crippen LogP contribution in [-0.2, 0) is 9.59 Å². The summed E-state index contributed by atoms with van der Waals surface area (Å²) in [6, 6.07) is 6.03. The predicted molar refractivity (Wildman–Crippen MR) is 85.3 cm³/mol. The summed E-state index contributed by atoms with van der Waals surface area (Å²) in [7, 11) is 1.75. The Labute approximate surface area is 126 Å². The van der Waals surface area contributed by atoms with E-state index in [1.54, 1.807) is 11.9 Å². The standard InChI is InChI=1S/C16H25N3O2/c1-11(2)17-15(20)9-19(5)10-16(21)18-14-8-12(3)6-7-13(14)4/h6-8,11H,9-10H2,1-5H3,(H,17,20)(H,18,21). The number of amides is 2. The molecule has 0 fully saturated rings. The zero-order valence-corrected chi connectivity index (χ0v) is 13.5. The molecule has 0 aliphatic heterocycles. The van der Waals surface area contributed by atoms with Gasteiger partial charge in [0.25, 0.3) is 0 Å². The van der Waals surface area contributed by atoms with Crippen LogP contribution in [0, 0.1) is 13.8 Å². The largest absolute Gasteiger partial charge is 0.353 e. The van der Waals surface area contributed by atoms with Gasteiger partial charge in [0.1, 0.15) is 0 Å². The van der Waals surface area contributed by atoms with Crippen LogP contribution in [0.1, 0.15) is 25.0 Å². The van der Waals surface area contributed by atoms with Crippen LogP contribution in [0.3, 0.4) is 0 Å². The average Bonchev–Trinajstić information content (AvgIpc) is 2.32. The minimum absolute atomic E-state index is 0.0768. The van der Waals surface area contributed by atoms with Crippen LogP contribution >= 0.6 is 0 Å². The van der Waals surface area contributed by atoms with Gasteiger partial charge in [0.2, 0.25) is 11.8 Å². The van der Waals surface area contributed by atoms with Gasteiger partial charge in [-0.3, -0.25) is 14.5 Å². The van der Waals surface area contributed by atoms with Crippen molar-refractivity contribution < 1.29 is 9.59 Å². The van der Waals surface area contributed by atoms with E-state index in [1.807, 2.05) is 45.9 Å². The molecule has 0 unspecified atom stereocenters. The molecule has 0 saturated carbocycles. The van der Waals surface area contributed by atoms with E-state index in [0.717, 1.165) is 16.8 Å². The molecule has 1 aromatic carbocycles. The van der Waals surface area contributed by atoms with Crippen molar-refractivity contribution in [3.05, 3.63) is 29.3 Å². The summed E-state index contributed by atoms with van der Waals surface area (Å²) < 4.78 is 0. The Morgan fingerprint density at radius 1 is 1.14 bits per heavy atom. The lowest BCUT2D eigenvalue weighted by molar-refractivity contribution is -0.123. The molecule has 5 heteroatoms. The molecule has 0 heterocycles. The number of nitrogens with one attached hydrogen (secondary N) is 2. The van der Waals surface area contributed by atoms with Crippen molar-refractivity contribution in [3.63, 3.8) is 0 Å². The average molecular weight is 291 g/mol. The number of carbonyl (C=O) groups excluding carboxylic acids is 2. The fourth-order valence-electron chi connectivity index (χ4n) is 1.97. The van der Waals surface area contributed by atoms with E-state index in [0.29, 0.717) is 0 Å². The van der Waals surface area contributed by atoms with E-state index in [9.17, 15) is 9.59 Å². The van der Waals surface area contributed by atoms with Crippen molar-refractivity contribution in [1.82, 2.24) is 10.2 Å². The maximum Gasteiger partial charge on any atom is 0.238 e. The summed E-state index contributed by atoms with van der Waals surface area (Å²) in [5, 5.41) is 5.68. The lowest BCUT2D eigenvalue weighted by Crippen LogP contribution is -2.41. The number of benzene rings is 1. The molecule has 5 nitrogen and oxygen atoms in total. The lowest BCUT2D eigenvalue weighted by atomic mass is 10.1. The van der Waals surface area contributed by atoms with Crippen molar-refractivity contribution in [3.8, 4) is 0 Å². The van der Waals surface area contributed by atoms with Gasteiger partial charge in [0.15, 0.2) is 0 Å². The molecule has 0 saturated heterocycles. The Kier molecular flexibility index (Phi) is 6.37. The molecule has 0 radical (unpaired) electrons. The molecule has 1 aromatic rings. The summed E-state index contributed by atoms with van der Waals surface area (Å²) in [5.41, 5.74) is 2.94. The van der Waals surface area contributed by atoms with Gasteiger partial charge in [0.05, 0.1) is 13.1 Å². The third-order valence-electron chi connectivity index (χ3n) is 2.94. The molecule has 1 rings (SSSR count). The van der Waals surface area contributed by atoms with E-state index < -0.39 is 0 Å². The van der Waals surface area contributed by atoms with Crippen LogP contribution in [-0.4, -0.2) is 42.9 Å². The third-order valence-corrected chi connectivity index (χ3v) is 2.94. The number of rotatable bonds is 6. The van der Waals surface area contributed by atoms with E-state index in [4.69, 9.17) is 0 Å². The molecule has 2 amide bonds. The van der Waals surface area contributed by atoms with Crippen LogP contribution in [0.15, 0.2) is 18.2 Å². The molecule has 0 bridgehead atoms. The molecule has 0 aliphatic carbocycles. The molecular weight excluding hydrogens is 266 g/mol. The first-order valence-corrected chi connectivity index (χ1v) is 7.13. The second-order valence-electron chi connectivity index (χ2n) is 5.76. The van der Waals surface area contributed by atoms with Crippen LogP contribution in [0.2, 0.25) is 0 Å². The first-order valence-electron chi connectivity index (χ1n) is 7.13. The van der Waals surface area contributed by atoms with Gasteiger partial charge in [-0.05, 0) is 51.9 Å². The van der Waals surface area contributed by atoms with Crippen molar-refractivity contribution >= 4 is 17.5 Å². The second-order valence-corrected chi connectivity index (χ2v) is 5.76. The monoisotopic (exact) mass is 291 g/mol. The van der Waals surface area contributed by atoms with Gasteiger partial charge in [-0.2, -0.15) is 0 Å². The highest BCUT2D eigenvalue weighted by atomic mass is 16.2. The fourth-order valence-corrected chi connectivity index (χ4v) is 1.97. The number of hydrogen-bond donors (Lipinski definition) is 2. The maximum atomic E-state index is 12.0. The highest BCUT2D eigenvalue weighted by Crippen LogP contribution is 2.16. The first-order chi connectivity index (χ1) is 9.77. The Balaban J connectivity index is 2.49. The van der Waals surface area contributed by atoms with Crippen LogP contribution in [0.4, 0.5) is 5.69 Å². The van der Waals surface area contributed by atoms with Gasteiger partial charge >= 0.3 is 0 Å². The minimum atomic E-state index is -0.122. The smallest absolute Gasteiger partial charge is 0.238 e. The van der Waals surface area contributed by atoms with Crippen molar-refractivity contribution in [2.75, 3.05) is 25.5 Å². The second kappa shape index (κ2) is 7.78. The Morgan fingerprint density at radius 2 is 1.76 bits per heavy atom. The predicted octanol–water partition coefficient (Wildman–Crippen LogP) is 1.70. The number of hydrogen-bond acceptors (Lipinski definition) is 3. The number of carbonyl (C=O) groups is 2. The van der Waals surface area contributed by atoms with E-state index in [1.165, 1.54) is 0 Å². The highest BCUT2D eigenvalue weighted by molar-refractivity contribution is 5.93. The zero-order valence-electron chi connectivity index (χ0n) is 13.5. The van der Waals surface area contributed by atoms with Crippen molar-refractivity contribution in [2.24, 2.45) is 0 Å². The molecule has 0 spiro atoms. The molecular formula is C16H25N3O2. The number of anilines is 1. The van der Waals surface area contributed by atoms with Crippen LogP contribution in [0.25, 0.3) is 0 Å². The van der Waals surface area contributed by atoms with Crippen molar-refractivity contribution in [1.29, 1.82) is 0 Å². The van der Waals surface area contributed by atoms with Gasteiger partial charge in [-0.25, -0.2) is 0 Å². The van der Waals surface area contributed by atoms with Gasteiger partial charge < -0.3 is 10.6 Å². The van der Waals surface area contributed by atoms with E-state index in [-0.39, 0.29) is 30.9 Å². The quantitative estimate of drug-likeness (QED) is 0.838. The lowest BCUT2D eigenvalue weighted by Gasteiger charge is -2.17. The summed E-state index contributed by atoms with van der Waals surface area (Å²) in [5.74, 6) is -0.199. The van der Waals surface area contributed by atoms with Gasteiger partial charge in [-0.15, -0.1) is 0 Å². The number of aryl methyl sites for hydroxylation is 2. The molecule has 21 heavy (non-hydrogen) atoms.